The van der Waals surface area contributed by atoms with Crippen molar-refractivity contribution in [1.82, 2.24) is 20.2 Å². The number of H-pyrrole nitrogens is 1. The number of aromatic nitrogens is 4. The van der Waals surface area contributed by atoms with E-state index in [1.165, 1.54) is 30.4 Å². The fourth-order valence-electron chi connectivity index (χ4n) is 5.75. The van der Waals surface area contributed by atoms with Gasteiger partial charge in [-0.2, -0.15) is 5.10 Å². The molecule has 0 saturated carbocycles. The number of rotatable bonds is 2. The molecule has 0 bridgehead atoms. The Kier molecular flexibility index (Phi) is 4.19. The molecule has 1 aromatic carbocycles. The van der Waals surface area contributed by atoms with Gasteiger partial charge in [-0.05, 0) is 55.1 Å². The van der Waals surface area contributed by atoms with E-state index < -0.39 is 0 Å². The fourth-order valence-corrected chi connectivity index (χ4v) is 5.75. The minimum absolute atomic E-state index is 0.143. The highest BCUT2D eigenvalue weighted by Gasteiger charge is 2.45. The third-order valence-corrected chi connectivity index (χ3v) is 7.57. The van der Waals surface area contributed by atoms with Crippen molar-refractivity contribution in [3.63, 3.8) is 0 Å². The van der Waals surface area contributed by atoms with Crippen LogP contribution in [0.3, 0.4) is 0 Å². The summed E-state index contributed by atoms with van der Waals surface area (Å²) in [5, 5.41) is 7.66. The number of hydrogen-bond acceptors (Lipinski definition) is 6. The Balaban J connectivity index is 1.20. The molecule has 7 heteroatoms. The maximum absolute atomic E-state index is 6.72. The second kappa shape index (κ2) is 6.94. The molecule has 4 heterocycles. The van der Waals surface area contributed by atoms with Gasteiger partial charge in [0.25, 0.3) is 0 Å². The maximum atomic E-state index is 6.72. The monoisotopic (exact) mass is 403 g/mol. The molecule has 0 amide bonds. The van der Waals surface area contributed by atoms with Crippen molar-refractivity contribution in [3.05, 3.63) is 41.6 Å². The van der Waals surface area contributed by atoms with Gasteiger partial charge in [0.15, 0.2) is 17.0 Å². The summed E-state index contributed by atoms with van der Waals surface area (Å²) in [7, 11) is 0. The number of nitrogens with one attached hydrogen (secondary N) is 1. The summed E-state index contributed by atoms with van der Waals surface area (Å²) in [6, 6.07) is 8.84. The van der Waals surface area contributed by atoms with Gasteiger partial charge < -0.3 is 15.5 Å². The van der Waals surface area contributed by atoms with Crippen LogP contribution in [0.25, 0.3) is 11.2 Å². The second-order valence-corrected chi connectivity index (χ2v) is 9.22. The van der Waals surface area contributed by atoms with Crippen LogP contribution in [0.15, 0.2) is 30.5 Å². The molecule has 2 saturated heterocycles. The molecule has 2 fully saturated rings. The highest BCUT2D eigenvalue weighted by atomic mass is 15.3. The minimum atomic E-state index is 0.143. The lowest BCUT2D eigenvalue weighted by atomic mass is 9.73. The number of aromatic amines is 1. The number of piperidine rings is 2. The second-order valence-electron chi connectivity index (χ2n) is 9.22. The van der Waals surface area contributed by atoms with Gasteiger partial charge in [0.1, 0.15) is 5.82 Å². The smallest absolute Gasteiger partial charge is 0.178 e. The van der Waals surface area contributed by atoms with Crippen molar-refractivity contribution in [2.45, 2.75) is 44.6 Å². The predicted molar refractivity (Wildman–Crippen MR) is 119 cm³/mol. The first-order valence-corrected chi connectivity index (χ1v) is 11.3. The quantitative estimate of drug-likeness (QED) is 0.683. The van der Waals surface area contributed by atoms with E-state index >= 15 is 0 Å². The molecule has 1 atom stereocenters. The number of benzene rings is 1. The van der Waals surface area contributed by atoms with Crippen LogP contribution in [0.4, 0.5) is 11.6 Å². The van der Waals surface area contributed by atoms with E-state index in [-0.39, 0.29) is 11.5 Å². The van der Waals surface area contributed by atoms with Crippen LogP contribution in [-0.2, 0) is 6.42 Å². The summed E-state index contributed by atoms with van der Waals surface area (Å²) < 4.78 is 0. The summed E-state index contributed by atoms with van der Waals surface area (Å²) >= 11 is 0. The van der Waals surface area contributed by atoms with Crippen LogP contribution < -0.4 is 15.5 Å². The predicted octanol–water partition coefficient (Wildman–Crippen LogP) is 3.19. The van der Waals surface area contributed by atoms with Gasteiger partial charge >= 0.3 is 0 Å². The molecular weight excluding hydrogens is 374 g/mol. The van der Waals surface area contributed by atoms with Crippen molar-refractivity contribution >= 4 is 22.8 Å². The van der Waals surface area contributed by atoms with Crippen molar-refractivity contribution in [2.75, 3.05) is 36.0 Å². The molecule has 3 aliphatic rings. The topological polar surface area (TPSA) is 87.0 Å². The Labute approximate surface area is 176 Å². The zero-order chi connectivity index (χ0) is 20.1. The van der Waals surface area contributed by atoms with Gasteiger partial charge in [-0.15, -0.1) is 0 Å². The first kappa shape index (κ1) is 18.1. The van der Waals surface area contributed by atoms with Gasteiger partial charge in [-0.25, -0.2) is 9.97 Å². The molecule has 0 radical (unpaired) electrons. The Hall–Kier alpha value is -2.67. The lowest BCUT2D eigenvalue weighted by molar-refractivity contribution is 0.187. The highest BCUT2D eigenvalue weighted by molar-refractivity contribution is 5.84. The Bertz CT molecular complexity index is 1060. The first-order valence-electron chi connectivity index (χ1n) is 11.3. The van der Waals surface area contributed by atoms with Crippen molar-refractivity contribution in [3.8, 4) is 0 Å². The van der Waals surface area contributed by atoms with E-state index in [0.29, 0.717) is 0 Å². The van der Waals surface area contributed by atoms with Crippen LogP contribution >= 0.6 is 0 Å². The molecule has 3 N–H and O–H groups in total. The third-order valence-electron chi connectivity index (χ3n) is 7.57. The van der Waals surface area contributed by atoms with Gasteiger partial charge in [0.05, 0.1) is 6.20 Å². The number of fused-ring (bicyclic) bond motifs is 2. The summed E-state index contributed by atoms with van der Waals surface area (Å²) in [5.41, 5.74) is 11.4. The van der Waals surface area contributed by atoms with E-state index in [1.54, 1.807) is 0 Å². The highest BCUT2D eigenvalue weighted by Crippen LogP contribution is 2.50. The van der Waals surface area contributed by atoms with Gasteiger partial charge in [-0.3, -0.25) is 5.10 Å². The Morgan fingerprint density at radius 2 is 1.80 bits per heavy atom. The standard InChI is InChI=1S/C23H29N7/c24-20-17-7-3-2-6-16(17)14-23(20)8-12-29(13-9-23)18-15-25-19-21(26-18)27-28-22(19)30-10-4-1-5-11-30/h2-3,6-7,15,20H,1,4-5,8-14,24H2,(H,26,27,28)/t20-/m1/s1. The number of nitrogens with zero attached hydrogens (tertiary/aromatic N) is 5. The van der Waals surface area contributed by atoms with E-state index in [2.05, 4.69) is 44.3 Å². The Morgan fingerprint density at radius 1 is 1.00 bits per heavy atom. The molecule has 156 valence electrons. The van der Waals surface area contributed by atoms with Crippen LogP contribution in [0.5, 0.6) is 0 Å². The van der Waals surface area contributed by atoms with Crippen molar-refractivity contribution < 1.29 is 0 Å². The summed E-state index contributed by atoms with van der Waals surface area (Å²) in [5.74, 6) is 1.89. The molecule has 6 rings (SSSR count). The van der Waals surface area contributed by atoms with Crippen molar-refractivity contribution in [1.29, 1.82) is 0 Å². The molecule has 7 nitrogen and oxygen atoms in total. The first-order chi connectivity index (χ1) is 14.7. The largest absolute Gasteiger partial charge is 0.355 e. The van der Waals surface area contributed by atoms with Gasteiger partial charge in [-0.1, -0.05) is 24.3 Å². The molecular formula is C23H29N7. The number of hydrogen-bond donors (Lipinski definition) is 2. The Morgan fingerprint density at radius 3 is 2.60 bits per heavy atom. The fraction of sp³-hybridized carbons (Fsp3) is 0.522. The van der Waals surface area contributed by atoms with E-state index in [9.17, 15) is 0 Å². The van der Waals surface area contributed by atoms with Gasteiger partial charge in [0.2, 0.25) is 0 Å². The van der Waals surface area contributed by atoms with Crippen LogP contribution in [0.1, 0.15) is 49.3 Å². The average molecular weight is 404 g/mol. The SMILES string of the molecule is N[C@@H]1c2ccccc2CC12CCN(c1cnc3c(N4CCCCC4)n[nH]c3n1)CC2. The van der Waals surface area contributed by atoms with Crippen LogP contribution in [0, 0.1) is 5.41 Å². The maximum Gasteiger partial charge on any atom is 0.178 e. The third kappa shape index (κ3) is 2.79. The molecule has 2 aromatic heterocycles. The average Bonchev–Trinajstić information content (AvgIpc) is 3.34. The van der Waals surface area contributed by atoms with E-state index in [1.807, 2.05) is 6.20 Å². The molecule has 30 heavy (non-hydrogen) atoms. The summed E-state index contributed by atoms with van der Waals surface area (Å²) in [4.78, 5) is 14.3. The molecule has 0 unspecified atom stereocenters. The molecule has 1 spiro atoms. The molecule has 2 aliphatic heterocycles. The van der Waals surface area contributed by atoms with Crippen LogP contribution in [-0.4, -0.2) is 46.3 Å². The van der Waals surface area contributed by atoms with E-state index in [0.717, 1.165) is 68.2 Å². The number of anilines is 2. The molecule has 1 aliphatic carbocycles. The normalized spacial score (nSPS) is 23.3. The molecule has 3 aromatic rings. The number of nitrogens with two attached hydrogens (primary N) is 1. The lowest BCUT2D eigenvalue weighted by Crippen LogP contribution is -2.44. The zero-order valence-electron chi connectivity index (χ0n) is 17.3. The van der Waals surface area contributed by atoms with Gasteiger partial charge in [0, 0.05) is 32.2 Å². The van der Waals surface area contributed by atoms with Crippen molar-refractivity contribution in [2.24, 2.45) is 11.1 Å². The zero-order valence-corrected chi connectivity index (χ0v) is 17.3. The van der Waals surface area contributed by atoms with E-state index in [4.69, 9.17) is 15.7 Å². The lowest BCUT2D eigenvalue weighted by Gasteiger charge is -2.42. The van der Waals surface area contributed by atoms with Crippen LogP contribution in [0.2, 0.25) is 0 Å². The summed E-state index contributed by atoms with van der Waals surface area (Å²) in [6.07, 6.45) is 8.95. The summed E-state index contributed by atoms with van der Waals surface area (Å²) in [6.45, 7) is 4.05. The minimum Gasteiger partial charge on any atom is -0.355 e.